The van der Waals surface area contributed by atoms with Crippen molar-refractivity contribution in [3.8, 4) is 0 Å². The molecule has 112 valence electrons. The SMILES string of the molecule is CC(N)Cc1ccc(N2CCC(C(C)(C)C)C2)cc1Cl. The first-order chi connectivity index (χ1) is 9.27. The van der Waals surface area contributed by atoms with Crippen LogP contribution in [0.2, 0.25) is 5.02 Å². The Morgan fingerprint density at radius 1 is 1.40 bits per heavy atom. The van der Waals surface area contributed by atoms with E-state index in [-0.39, 0.29) is 6.04 Å². The van der Waals surface area contributed by atoms with Gasteiger partial charge >= 0.3 is 0 Å². The second-order valence-corrected chi connectivity index (χ2v) is 7.66. The van der Waals surface area contributed by atoms with Crippen molar-refractivity contribution in [2.75, 3.05) is 18.0 Å². The van der Waals surface area contributed by atoms with Gasteiger partial charge in [-0.3, -0.25) is 0 Å². The van der Waals surface area contributed by atoms with Crippen LogP contribution in [0.5, 0.6) is 0 Å². The number of nitrogens with two attached hydrogens (primary N) is 1. The number of hydrogen-bond donors (Lipinski definition) is 1. The van der Waals surface area contributed by atoms with E-state index >= 15 is 0 Å². The van der Waals surface area contributed by atoms with Crippen LogP contribution in [0, 0.1) is 11.3 Å². The zero-order chi connectivity index (χ0) is 14.9. The van der Waals surface area contributed by atoms with Crippen LogP contribution in [0.1, 0.15) is 39.7 Å². The summed E-state index contributed by atoms with van der Waals surface area (Å²) >= 11 is 6.40. The van der Waals surface area contributed by atoms with Gasteiger partial charge in [0.2, 0.25) is 0 Å². The van der Waals surface area contributed by atoms with Crippen molar-refractivity contribution in [1.29, 1.82) is 0 Å². The second kappa shape index (κ2) is 5.95. The maximum Gasteiger partial charge on any atom is 0.0459 e. The first kappa shape index (κ1) is 15.7. The number of halogens is 1. The van der Waals surface area contributed by atoms with Crippen LogP contribution in [0.4, 0.5) is 5.69 Å². The van der Waals surface area contributed by atoms with Gasteiger partial charge < -0.3 is 10.6 Å². The van der Waals surface area contributed by atoms with Gasteiger partial charge in [-0.2, -0.15) is 0 Å². The van der Waals surface area contributed by atoms with Gasteiger partial charge in [-0.15, -0.1) is 0 Å². The number of anilines is 1. The molecule has 0 spiro atoms. The molecule has 1 aliphatic rings. The number of hydrogen-bond acceptors (Lipinski definition) is 2. The third kappa shape index (κ3) is 3.67. The smallest absolute Gasteiger partial charge is 0.0459 e. The molecule has 2 N–H and O–H groups in total. The number of benzene rings is 1. The van der Waals surface area contributed by atoms with Gasteiger partial charge in [-0.25, -0.2) is 0 Å². The van der Waals surface area contributed by atoms with Crippen LogP contribution in [0.15, 0.2) is 18.2 Å². The molecule has 2 nitrogen and oxygen atoms in total. The highest BCUT2D eigenvalue weighted by Crippen LogP contribution is 2.36. The second-order valence-electron chi connectivity index (χ2n) is 7.25. The first-order valence-corrected chi connectivity index (χ1v) is 7.94. The summed E-state index contributed by atoms with van der Waals surface area (Å²) in [6.45, 7) is 11.3. The van der Waals surface area contributed by atoms with Crippen molar-refractivity contribution in [2.45, 2.75) is 46.6 Å². The zero-order valence-electron chi connectivity index (χ0n) is 13.1. The molecule has 20 heavy (non-hydrogen) atoms. The Labute approximate surface area is 128 Å². The summed E-state index contributed by atoms with van der Waals surface area (Å²) in [4.78, 5) is 2.46. The number of nitrogens with zero attached hydrogens (tertiary/aromatic N) is 1. The molecule has 0 aliphatic carbocycles. The predicted octanol–water partition coefficient (Wildman–Crippen LogP) is 4.10. The van der Waals surface area contributed by atoms with Crippen molar-refractivity contribution < 1.29 is 0 Å². The van der Waals surface area contributed by atoms with E-state index in [1.165, 1.54) is 12.1 Å². The lowest BCUT2D eigenvalue weighted by Crippen LogP contribution is -2.25. The number of rotatable bonds is 3. The van der Waals surface area contributed by atoms with Crippen molar-refractivity contribution in [3.63, 3.8) is 0 Å². The standard InChI is InChI=1S/C17H27ClN2/c1-12(19)9-13-5-6-15(10-16(13)18)20-8-7-14(11-20)17(2,3)4/h5-6,10,12,14H,7-9,11,19H2,1-4H3. The fourth-order valence-corrected chi connectivity index (χ4v) is 3.20. The molecule has 0 bridgehead atoms. The Morgan fingerprint density at radius 3 is 2.60 bits per heavy atom. The van der Waals surface area contributed by atoms with Crippen molar-refractivity contribution >= 4 is 17.3 Å². The summed E-state index contributed by atoms with van der Waals surface area (Å²) < 4.78 is 0. The van der Waals surface area contributed by atoms with Crippen molar-refractivity contribution in [2.24, 2.45) is 17.1 Å². The normalized spacial score (nSPS) is 21.3. The minimum atomic E-state index is 0.149. The highest BCUT2D eigenvalue weighted by Gasteiger charge is 2.31. The molecule has 0 aromatic heterocycles. The monoisotopic (exact) mass is 294 g/mol. The minimum absolute atomic E-state index is 0.149. The molecule has 0 radical (unpaired) electrons. The van der Waals surface area contributed by atoms with Gasteiger partial charge in [-0.1, -0.05) is 38.4 Å². The molecule has 2 rings (SSSR count). The molecule has 1 aliphatic heterocycles. The molecular weight excluding hydrogens is 268 g/mol. The molecule has 1 aromatic rings. The Bertz CT molecular complexity index is 463. The Hall–Kier alpha value is -0.730. The van der Waals surface area contributed by atoms with E-state index in [4.69, 9.17) is 17.3 Å². The largest absolute Gasteiger partial charge is 0.371 e. The Morgan fingerprint density at radius 2 is 2.10 bits per heavy atom. The predicted molar refractivity (Wildman–Crippen MR) is 88.6 cm³/mol. The average Bonchev–Trinajstić information content (AvgIpc) is 2.80. The highest BCUT2D eigenvalue weighted by molar-refractivity contribution is 6.31. The Kier molecular flexibility index (Phi) is 4.66. The van der Waals surface area contributed by atoms with Crippen molar-refractivity contribution in [3.05, 3.63) is 28.8 Å². The zero-order valence-corrected chi connectivity index (χ0v) is 13.9. The third-order valence-electron chi connectivity index (χ3n) is 4.36. The van der Waals surface area contributed by atoms with Crippen LogP contribution in [0.25, 0.3) is 0 Å². The maximum atomic E-state index is 6.40. The van der Waals surface area contributed by atoms with E-state index in [0.29, 0.717) is 5.41 Å². The average molecular weight is 295 g/mol. The minimum Gasteiger partial charge on any atom is -0.371 e. The first-order valence-electron chi connectivity index (χ1n) is 7.56. The van der Waals surface area contributed by atoms with E-state index in [2.05, 4.69) is 43.9 Å². The van der Waals surface area contributed by atoms with Gasteiger partial charge in [0.05, 0.1) is 0 Å². The van der Waals surface area contributed by atoms with Crippen molar-refractivity contribution in [1.82, 2.24) is 0 Å². The van der Waals surface area contributed by atoms with E-state index in [9.17, 15) is 0 Å². The van der Waals surface area contributed by atoms with Gasteiger partial charge in [0.1, 0.15) is 0 Å². The lowest BCUT2D eigenvalue weighted by molar-refractivity contribution is 0.263. The molecular formula is C17H27ClN2. The van der Waals surface area contributed by atoms with E-state index in [1.54, 1.807) is 0 Å². The molecule has 1 heterocycles. The van der Waals surface area contributed by atoms with Crippen LogP contribution in [-0.2, 0) is 6.42 Å². The fraction of sp³-hybridized carbons (Fsp3) is 0.647. The quantitative estimate of drug-likeness (QED) is 0.909. The van der Waals surface area contributed by atoms with Crippen LogP contribution >= 0.6 is 11.6 Å². The summed E-state index contributed by atoms with van der Waals surface area (Å²) in [6.07, 6.45) is 2.10. The lowest BCUT2D eigenvalue weighted by atomic mass is 9.80. The molecule has 1 saturated heterocycles. The summed E-state index contributed by atoms with van der Waals surface area (Å²) in [7, 11) is 0. The van der Waals surface area contributed by atoms with Crippen LogP contribution < -0.4 is 10.6 Å². The summed E-state index contributed by atoms with van der Waals surface area (Å²) in [6, 6.07) is 6.57. The molecule has 0 saturated carbocycles. The van der Waals surface area contributed by atoms with Gasteiger partial charge in [-0.05, 0) is 48.8 Å². The van der Waals surface area contributed by atoms with Gasteiger partial charge in [0.15, 0.2) is 0 Å². The molecule has 1 aromatic carbocycles. The van der Waals surface area contributed by atoms with E-state index in [1.807, 2.05) is 6.92 Å². The third-order valence-corrected chi connectivity index (χ3v) is 4.71. The lowest BCUT2D eigenvalue weighted by Gasteiger charge is -2.27. The van der Waals surface area contributed by atoms with E-state index < -0.39 is 0 Å². The summed E-state index contributed by atoms with van der Waals surface area (Å²) in [5.74, 6) is 0.755. The molecule has 3 heteroatoms. The summed E-state index contributed by atoms with van der Waals surface area (Å²) in [5.41, 5.74) is 8.63. The molecule has 0 amide bonds. The van der Waals surface area contributed by atoms with Crippen LogP contribution in [0.3, 0.4) is 0 Å². The molecule has 2 atom stereocenters. The topological polar surface area (TPSA) is 29.3 Å². The van der Waals surface area contributed by atoms with E-state index in [0.717, 1.165) is 36.0 Å². The fourth-order valence-electron chi connectivity index (χ4n) is 2.95. The van der Waals surface area contributed by atoms with Gasteiger partial charge in [0, 0.05) is 29.8 Å². The van der Waals surface area contributed by atoms with Gasteiger partial charge in [0.25, 0.3) is 0 Å². The maximum absolute atomic E-state index is 6.40. The molecule has 1 fully saturated rings. The Balaban J connectivity index is 2.09. The highest BCUT2D eigenvalue weighted by atomic mass is 35.5. The summed E-state index contributed by atoms with van der Waals surface area (Å²) in [5, 5.41) is 0.846. The van der Waals surface area contributed by atoms with Crippen LogP contribution in [-0.4, -0.2) is 19.1 Å². The molecule has 2 unspecified atom stereocenters.